The smallest absolute Gasteiger partial charge is 0.306 e. The molecule has 0 spiro atoms. The second-order valence-corrected chi connectivity index (χ2v) is 9.03. The number of carbonyl (C=O) groups excluding carboxylic acids is 4. The van der Waals surface area contributed by atoms with Crippen LogP contribution in [0.5, 0.6) is 0 Å². The van der Waals surface area contributed by atoms with Gasteiger partial charge in [0.25, 0.3) is 0 Å². The van der Waals surface area contributed by atoms with E-state index in [0.717, 1.165) is 38.5 Å². The fraction of sp³-hybridized carbons (Fsp3) is 0.833. The molecule has 4 unspecified atom stereocenters. The van der Waals surface area contributed by atoms with Gasteiger partial charge in [0.2, 0.25) is 0 Å². The van der Waals surface area contributed by atoms with Crippen LogP contribution in [0.15, 0.2) is 0 Å². The van der Waals surface area contributed by atoms with E-state index < -0.39 is 0 Å². The van der Waals surface area contributed by atoms with Gasteiger partial charge in [-0.3, -0.25) is 19.2 Å². The molecule has 4 aliphatic heterocycles. The average Bonchev–Trinajstić information content (AvgIpc) is 3.00. The Morgan fingerprint density at radius 1 is 0.594 bits per heavy atom. The van der Waals surface area contributed by atoms with Crippen molar-refractivity contribution in [2.24, 2.45) is 11.8 Å². The second kappa shape index (κ2) is 15.6. The van der Waals surface area contributed by atoms with Gasteiger partial charge >= 0.3 is 23.9 Å². The van der Waals surface area contributed by atoms with Crippen LogP contribution in [0.3, 0.4) is 0 Å². The Morgan fingerprint density at radius 2 is 1.22 bits per heavy atom. The molecule has 0 amide bonds. The van der Waals surface area contributed by atoms with Crippen molar-refractivity contribution < 1.29 is 38.1 Å². The van der Waals surface area contributed by atoms with Gasteiger partial charge < -0.3 is 18.9 Å². The monoisotopic (exact) mass is 456 g/mol. The molecule has 4 fully saturated rings. The van der Waals surface area contributed by atoms with Gasteiger partial charge in [-0.15, -0.1) is 0 Å². The van der Waals surface area contributed by atoms with E-state index in [1.165, 1.54) is 0 Å². The Labute approximate surface area is 191 Å². The summed E-state index contributed by atoms with van der Waals surface area (Å²) in [6.45, 7) is 9.27. The van der Waals surface area contributed by atoms with E-state index in [9.17, 15) is 19.2 Å². The second-order valence-electron chi connectivity index (χ2n) is 9.03. The molecule has 0 saturated carbocycles. The molecule has 0 radical (unpaired) electrons. The van der Waals surface area contributed by atoms with Crippen LogP contribution >= 0.6 is 0 Å². The molecule has 0 aromatic carbocycles. The zero-order chi connectivity index (χ0) is 23.9. The van der Waals surface area contributed by atoms with Crippen molar-refractivity contribution in [1.29, 1.82) is 0 Å². The Hall–Kier alpha value is -2.12. The predicted molar refractivity (Wildman–Crippen MR) is 118 cm³/mol. The first-order chi connectivity index (χ1) is 15.2. The van der Waals surface area contributed by atoms with Gasteiger partial charge in [0.1, 0.15) is 0 Å². The molecule has 8 heteroatoms. The van der Waals surface area contributed by atoms with E-state index in [0.29, 0.717) is 50.7 Å². The van der Waals surface area contributed by atoms with Crippen molar-refractivity contribution in [3.63, 3.8) is 0 Å². The fourth-order valence-corrected chi connectivity index (χ4v) is 3.36. The third kappa shape index (κ3) is 14.0. The molecule has 0 N–H and O–H groups in total. The van der Waals surface area contributed by atoms with Gasteiger partial charge in [-0.05, 0) is 64.2 Å². The minimum absolute atomic E-state index is 0.0278. The summed E-state index contributed by atoms with van der Waals surface area (Å²) in [6, 6.07) is 0. The lowest BCUT2D eigenvalue weighted by molar-refractivity contribution is -0.152. The number of cyclic esters (lactones) is 4. The molecule has 32 heavy (non-hydrogen) atoms. The molecule has 0 aliphatic carbocycles. The van der Waals surface area contributed by atoms with E-state index in [-0.39, 0.29) is 36.1 Å². The van der Waals surface area contributed by atoms with Gasteiger partial charge in [0.05, 0.1) is 25.4 Å². The summed E-state index contributed by atoms with van der Waals surface area (Å²) in [6.07, 6.45) is 8.89. The molecule has 0 bridgehead atoms. The van der Waals surface area contributed by atoms with Gasteiger partial charge in [0, 0.05) is 25.7 Å². The lowest BCUT2D eigenvalue weighted by Crippen LogP contribution is -2.19. The number of ether oxygens (including phenoxy) is 4. The van der Waals surface area contributed by atoms with E-state index in [4.69, 9.17) is 18.9 Å². The molecule has 4 rings (SSSR count). The molecule has 184 valence electrons. The van der Waals surface area contributed by atoms with Crippen molar-refractivity contribution in [1.82, 2.24) is 0 Å². The zero-order valence-corrected chi connectivity index (χ0v) is 20.1. The minimum Gasteiger partial charge on any atom is -0.466 e. The molecule has 4 heterocycles. The summed E-state index contributed by atoms with van der Waals surface area (Å²) in [4.78, 5) is 41.7. The Morgan fingerprint density at radius 3 is 1.66 bits per heavy atom. The maximum atomic E-state index is 10.7. The third-order valence-electron chi connectivity index (χ3n) is 5.40. The fourth-order valence-electron chi connectivity index (χ4n) is 3.36. The summed E-state index contributed by atoms with van der Waals surface area (Å²) < 4.78 is 19.2. The van der Waals surface area contributed by atoms with E-state index >= 15 is 0 Å². The Balaban J connectivity index is 0.000000214. The average molecular weight is 457 g/mol. The Bertz CT molecular complexity index is 593. The lowest BCUT2D eigenvalue weighted by Gasteiger charge is -2.17. The first kappa shape index (κ1) is 27.9. The molecule has 4 atom stereocenters. The van der Waals surface area contributed by atoms with Crippen molar-refractivity contribution in [2.75, 3.05) is 13.2 Å². The van der Waals surface area contributed by atoms with Crippen molar-refractivity contribution in [3.8, 4) is 0 Å². The number of carbonyl (C=O) groups is 4. The molecule has 8 nitrogen and oxygen atoms in total. The summed E-state index contributed by atoms with van der Waals surface area (Å²) in [5, 5.41) is 0. The highest BCUT2D eigenvalue weighted by molar-refractivity contribution is 5.71. The predicted octanol–water partition coefficient (Wildman–Crippen LogP) is 4.12. The van der Waals surface area contributed by atoms with Crippen LogP contribution in [0.25, 0.3) is 0 Å². The first-order valence-corrected chi connectivity index (χ1v) is 11.9. The van der Waals surface area contributed by atoms with Crippen molar-refractivity contribution in [2.45, 2.75) is 104 Å². The molecule has 0 aromatic rings. The highest BCUT2D eigenvalue weighted by atomic mass is 16.6. The van der Waals surface area contributed by atoms with Gasteiger partial charge in [0.15, 0.2) is 0 Å². The Kier molecular flexibility index (Phi) is 13.6. The van der Waals surface area contributed by atoms with Crippen LogP contribution in [0.4, 0.5) is 0 Å². The van der Waals surface area contributed by atoms with Crippen LogP contribution in [0, 0.1) is 11.8 Å². The van der Waals surface area contributed by atoms with Crippen LogP contribution in [0.1, 0.15) is 91.9 Å². The number of esters is 4. The molecular weight excluding hydrogens is 416 g/mol. The standard InChI is InChI=1S/C7H12O2.2C6H10O2.C5H8O2/c1-6-3-2-4-9-7(8)5-6;1-5-2-3-6(7)8-4-5;1-5-3-2-4-6(7)8-5;1-4-2-3-5(6)7-4/h6H,2-5H2,1H3;2*5H,2-4H2,1H3;4H,2-3H2,1H3. The van der Waals surface area contributed by atoms with Crippen LogP contribution in [-0.2, 0) is 38.1 Å². The molecule has 4 aliphatic rings. The first-order valence-electron chi connectivity index (χ1n) is 11.9. The highest BCUT2D eigenvalue weighted by Crippen LogP contribution is 2.15. The normalized spacial score (nSPS) is 29.6. The summed E-state index contributed by atoms with van der Waals surface area (Å²) in [5.74, 6) is 0.951. The quantitative estimate of drug-likeness (QED) is 0.396. The summed E-state index contributed by atoms with van der Waals surface area (Å²) in [7, 11) is 0. The third-order valence-corrected chi connectivity index (χ3v) is 5.40. The molecule has 4 saturated heterocycles. The van der Waals surface area contributed by atoms with E-state index in [2.05, 4.69) is 13.8 Å². The maximum absolute atomic E-state index is 10.7. The van der Waals surface area contributed by atoms with Crippen molar-refractivity contribution >= 4 is 23.9 Å². The van der Waals surface area contributed by atoms with Crippen molar-refractivity contribution in [3.05, 3.63) is 0 Å². The topological polar surface area (TPSA) is 105 Å². The number of hydrogen-bond acceptors (Lipinski definition) is 8. The molecular formula is C24H40O8. The maximum Gasteiger partial charge on any atom is 0.306 e. The van der Waals surface area contributed by atoms with E-state index in [1.807, 2.05) is 13.8 Å². The van der Waals surface area contributed by atoms with Crippen LogP contribution in [-0.4, -0.2) is 49.3 Å². The van der Waals surface area contributed by atoms with Crippen LogP contribution < -0.4 is 0 Å². The number of rotatable bonds is 0. The van der Waals surface area contributed by atoms with E-state index in [1.54, 1.807) is 0 Å². The number of hydrogen-bond donors (Lipinski definition) is 0. The largest absolute Gasteiger partial charge is 0.466 e. The lowest BCUT2D eigenvalue weighted by atomic mass is 10.0. The van der Waals surface area contributed by atoms with Gasteiger partial charge in [-0.2, -0.15) is 0 Å². The van der Waals surface area contributed by atoms with Crippen LogP contribution in [0.2, 0.25) is 0 Å². The summed E-state index contributed by atoms with van der Waals surface area (Å²) in [5.41, 5.74) is 0. The van der Waals surface area contributed by atoms with Gasteiger partial charge in [-0.1, -0.05) is 13.8 Å². The van der Waals surface area contributed by atoms with Gasteiger partial charge in [-0.25, -0.2) is 0 Å². The molecule has 0 aromatic heterocycles. The minimum atomic E-state index is -0.0486. The highest BCUT2D eigenvalue weighted by Gasteiger charge is 2.18. The zero-order valence-electron chi connectivity index (χ0n) is 20.1. The SMILES string of the molecule is CC1CCC(=O)O1.CC1CCC(=O)OC1.CC1CCCC(=O)O1.CC1CCCOC(=O)C1. The summed E-state index contributed by atoms with van der Waals surface area (Å²) >= 11 is 0.